The highest BCUT2D eigenvalue weighted by Gasteiger charge is 2.27. The molecule has 2 heterocycles. The summed E-state index contributed by atoms with van der Waals surface area (Å²) >= 11 is 0. The monoisotopic (exact) mass is 298 g/mol. The molecule has 116 valence electrons. The second-order valence-electron chi connectivity index (χ2n) is 5.67. The molecule has 1 aliphatic heterocycles. The van der Waals surface area contributed by atoms with Crippen molar-refractivity contribution in [3.63, 3.8) is 0 Å². The molecule has 0 saturated carbocycles. The summed E-state index contributed by atoms with van der Waals surface area (Å²) in [6.45, 7) is 3.88. The quantitative estimate of drug-likeness (QED) is 0.863. The van der Waals surface area contributed by atoms with Crippen LogP contribution in [0.15, 0.2) is 42.9 Å². The Bertz CT molecular complexity index is 605. The second kappa shape index (κ2) is 6.85. The molecule has 1 aliphatic rings. The lowest BCUT2D eigenvalue weighted by molar-refractivity contribution is 0.0881. The summed E-state index contributed by atoms with van der Waals surface area (Å²) in [5.74, 6) is 0.959. The Labute approximate surface area is 131 Å². The lowest BCUT2D eigenvalue weighted by Gasteiger charge is -2.40. The molecule has 5 nitrogen and oxygen atoms in total. The van der Waals surface area contributed by atoms with Gasteiger partial charge in [-0.3, -0.25) is 19.8 Å². The van der Waals surface area contributed by atoms with Crippen molar-refractivity contribution in [2.24, 2.45) is 0 Å². The van der Waals surface area contributed by atoms with Crippen molar-refractivity contribution < 1.29 is 4.74 Å². The zero-order valence-electron chi connectivity index (χ0n) is 13.1. The molecule has 0 radical (unpaired) electrons. The number of piperazine rings is 1. The highest BCUT2D eigenvalue weighted by Crippen LogP contribution is 2.31. The first-order valence-electron chi connectivity index (χ1n) is 7.58. The maximum Gasteiger partial charge on any atom is 0.123 e. The number of benzene rings is 1. The van der Waals surface area contributed by atoms with Crippen molar-refractivity contribution in [1.29, 1.82) is 0 Å². The lowest BCUT2D eigenvalue weighted by Crippen LogP contribution is -2.46. The Morgan fingerprint density at radius 1 is 1.23 bits per heavy atom. The lowest BCUT2D eigenvalue weighted by atomic mass is 10.0. The minimum Gasteiger partial charge on any atom is -0.496 e. The molecule has 0 spiro atoms. The molecule has 0 aliphatic carbocycles. The Hall–Kier alpha value is -1.98. The van der Waals surface area contributed by atoms with Gasteiger partial charge in [0.15, 0.2) is 0 Å². The van der Waals surface area contributed by atoms with E-state index < -0.39 is 0 Å². The average Bonchev–Trinajstić information content (AvgIpc) is 2.57. The van der Waals surface area contributed by atoms with Gasteiger partial charge in [-0.15, -0.1) is 0 Å². The van der Waals surface area contributed by atoms with Gasteiger partial charge in [-0.1, -0.05) is 18.2 Å². The largest absolute Gasteiger partial charge is 0.496 e. The van der Waals surface area contributed by atoms with Crippen molar-refractivity contribution in [2.45, 2.75) is 12.6 Å². The second-order valence-corrected chi connectivity index (χ2v) is 5.67. The van der Waals surface area contributed by atoms with Gasteiger partial charge in [-0.05, 0) is 13.1 Å². The molecular weight excluding hydrogens is 276 g/mol. The number of rotatable bonds is 4. The standard InChI is InChI=1S/C17H22N4O/c1-20-9-10-21(12-14-11-18-7-8-19-14)13-16(20)15-5-3-4-6-17(15)22-2/h3-8,11,16H,9-10,12-13H2,1-2H3. The first-order valence-corrected chi connectivity index (χ1v) is 7.58. The molecule has 0 N–H and O–H groups in total. The molecule has 1 aromatic heterocycles. The van der Waals surface area contributed by atoms with E-state index in [0.29, 0.717) is 6.04 Å². The van der Waals surface area contributed by atoms with E-state index in [9.17, 15) is 0 Å². The van der Waals surface area contributed by atoms with E-state index in [1.165, 1.54) is 5.56 Å². The average molecular weight is 298 g/mol. The van der Waals surface area contributed by atoms with Crippen LogP contribution in [-0.2, 0) is 6.54 Å². The van der Waals surface area contributed by atoms with E-state index >= 15 is 0 Å². The predicted octanol–water partition coefficient (Wildman–Crippen LogP) is 1.97. The van der Waals surface area contributed by atoms with E-state index in [4.69, 9.17) is 4.74 Å². The van der Waals surface area contributed by atoms with Gasteiger partial charge in [-0.2, -0.15) is 0 Å². The van der Waals surface area contributed by atoms with Crippen LogP contribution in [0.4, 0.5) is 0 Å². The van der Waals surface area contributed by atoms with Crippen molar-refractivity contribution >= 4 is 0 Å². The van der Waals surface area contributed by atoms with E-state index in [0.717, 1.165) is 37.6 Å². The topological polar surface area (TPSA) is 41.5 Å². The number of likely N-dealkylation sites (N-methyl/N-ethyl adjacent to an activating group) is 1. The zero-order valence-corrected chi connectivity index (χ0v) is 13.1. The predicted molar refractivity (Wildman–Crippen MR) is 85.7 cm³/mol. The molecule has 1 saturated heterocycles. The van der Waals surface area contributed by atoms with Gasteiger partial charge in [0.05, 0.1) is 18.8 Å². The van der Waals surface area contributed by atoms with Gasteiger partial charge < -0.3 is 4.74 Å². The molecule has 1 atom stereocenters. The summed E-state index contributed by atoms with van der Waals surface area (Å²) < 4.78 is 5.53. The first kappa shape index (κ1) is 14.9. The van der Waals surface area contributed by atoms with Gasteiger partial charge in [0.1, 0.15) is 5.75 Å². The molecule has 5 heteroatoms. The summed E-state index contributed by atoms with van der Waals surface area (Å²) in [6, 6.07) is 8.62. The van der Waals surface area contributed by atoms with Crippen LogP contribution in [0.1, 0.15) is 17.3 Å². The normalized spacial score (nSPS) is 20.0. The Kier molecular flexibility index (Phi) is 4.65. The van der Waals surface area contributed by atoms with E-state index in [2.05, 4.69) is 38.9 Å². The third kappa shape index (κ3) is 3.26. The maximum atomic E-state index is 5.53. The van der Waals surface area contributed by atoms with Gasteiger partial charge in [0, 0.05) is 50.3 Å². The van der Waals surface area contributed by atoms with Crippen LogP contribution in [0.3, 0.4) is 0 Å². The van der Waals surface area contributed by atoms with E-state index in [1.54, 1.807) is 19.5 Å². The van der Waals surface area contributed by atoms with Gasteiger partial charge in [-0.25, -0.2) is 0 Å². The molecule has 0 amide bonds. The number of ether oxygens (including phenoxy) is 1. The maximum absolute atomic E-state index is 5.53. The number of aromatic nitrogens is 2. The Balaban J connectivity index is 1.76. The molecule has 2 aromatic rings. The van der Waals surface area contributed by atoms with Crippen LogP contribution in [-0.4, -0.2) is 53.6 Å². The van der Waals surface area contributed by atoms with E-state index in [1.807, 2.05) is 18.3 Å². The van der Waals surface area contributed by atoms with Crippen molar-refractivity contribution in [1.82, 2.24) is 19.8 Å². The minimum atomic E-state index is 0.335. The minimum absolute atomic E-state index is 0.335. The molecular formula is C17H22N4O. The number of nitrogens with zero attached hydrogens (tertiary/aromatic N) is 4. The fourth-order valence-corrected chi connectivity index (χ4v) is 2.99. The Morgan fingerprint density at radius 2 is 2.09 bits per heavy atom. The van der Waals surface area contributed by atoms with Crippen LogP contribution in [0.25, 0.3) is 0 Å². The van der Waals surface area contributed by atoms with Crippen LogP contribution in [0.5, 0.6) is 5.75 Å². The van der Waals surface area contributed by atoms with E-state index in [-0.39, 0.29) is 0 Å². The van der Waals surface area contributed by atoms with Crippen molar-refractivity contribution in [3.8, 4) is 5.75 Å². The summed E-state index contributed by atoms with van der Waals surface area (Å²) in [5, 5.41) is 0. The molecule has 1 aromatic carbocycles. The van der Waals surface area contributed by atoms with Gasteiger partial charge >= 0.3 is 0 Å². The fraction of sp³-hybridized carbons (Fsp3) is 0.412. The smallest absolute Gasteiger partial charge is 0.123 e. The van der Waals surface area contributed by atoms with Crippen LogP contribution in [0.2, 0.25) is 0 Å². The van der Waals surface area contributed by atoms with Crippen molar-refractivity contribution in [2.75, 3.05) is 33.8 Å². The fourth-order valence-electron chi connectivity index (χ4n) is 2.99. The summed E-state index contributed by atoms with van der Waals surface area (Å²) in [5.41, 5.74) is 2.27. The molecule has 1 fully saturated rings. The SMILES string of the molecule is COc1ccccc1C1CN(Cc2cnccn2)CCN1C. The number of methoxy groups -OCH3 is 1. The molecule has 22 heavy (non-hydrogen) atoms. The number of hydrogen-bond donors (Lipinski definition) is 0. The summed E-state index contributed by atoms with van der Waals surface area (Å²) in [7, 11) is 3.91. The number of hydrogen-bond acceptors (Lipinski definition) is 5. The van der Waals surface area contributed by atoms with Crippen molar-refractivity contribution in [3.05, 3.63) is 54.1 Å². The first-order chi connectivity index (χ1) is 10.8. The van der Waals surface area contributed by atoms with Gasteiger partial charge in [0.25, 0.3) is 0 Å². The number of para-hydroxylation sites is 1. The summed E-state index contributed by atoms with van der Waals surface area (Å²) in [6.07, 6.45) is 5.31. The van der Waals surface area contributed by atoms with Crippen LogP contribution < -0.4 is 4.74 Å². The molecule has 0 bridgehead atoms. The highest BCUT2D eigenvalue weighted by molar-refractivity contribution is 5.36. The highest BCUT2D eigenvalue weighted by atomic mass is 16.5. The molecule has 1 unspecified atom stereocenters. The van der Waals surface area contributed by atoms with Crippen LogP contribution in [0, 0.1) is 0 Å². The Morgan fingerprint density at radius 3 is 2.86 bits per heavy atom. The molecule has 3 rings (SSSR count). The summed E-state index contributed by atoms with van der Waals surface area (Å²) in [4.78, 5) is 13.4. The van der Waals surface area contributed by atoms with Gasteiger partial charge in [0.2, 0.25) is 0 Å². The zero-order chi connectivity index (χ0) is 15.4. The third-order valence-corrected chi connectivity index (χ3v) is 4.23. The third-order valence-electron chi connectivity index (χ3n) is 4.23. The van der Waals surface area contributed by atoms with Crippen LogP contribution >= 0.6 is 0 Å².